The minimum absolute atomic E-state index is 0.0400. The van der Waals surface area contributed by atoms with Crippen molar-refractivity contribution in [2.24, 2.45) is 23.5 Å². The van der Waals surface area contributed by atoms with E-state index in [-0.39, 0.29) is 17.7 Å². The second-order valence-corrected chi connectivity index (χ2v) is 5.00. The summed E-state index contributed by atoms with van der Waals surface area (Å²) in [6.07, 6.45) is 1.61. The van der Waals surface area contributed by atoms with Crippen LogP contribution in [0.4, 0.5) is 0 Å². The topological polar surface area (TPSA) is 83.6 Å². The molecular formula is C12H22N2O3. The van der Waals surface area contributed by atoms with Gasteiger partial charge in [-0.05, 0) is 25.3 Å². The second-order valence-electron chi connectivity index (χ2n) is 5.00. The van der Waals surface area contributed by atoms with Crippen molar-refractivity contribution in [1.82, 2.24) is 4.90 Å². The number of likely N-dealkylation sites (tertiary alicyclic amines) is 1. The minimum atomic E-state index is -0.803. The Kier molecular flexibility index (Phi) is 4.93. The normalized spacial score (nSPS) is 25.9. The maximum atomic E-state index is 12.1. The van der Waals surface area contributed by atoms with Crippen LogP contribution in [-0.4, -0.2) is 41.5 Å². The molecule has 0 spiro atoms. The smallest absolute Gasteiger partial charge is 0.308 e. The lowest BCUT2D eigenvalue weighted by atomic mass is 9.99. The molecule has 0 bridgehead atoms. The number of carbonyl (C=O) groups excluding carboxylic acids is 1. The number of rotatable bonds is 5. The lowest BCUT2D eigenvalue weighted by Crippen LogP contribution is -2.34. The SMILES string of the molecule is CC(CCCN)C(=O)N1C[C@@H](C)[C@H](C(=O)O)C1. The van der Waals surface area contributed by atoms with E-state index in [0.29, 0.717) is 19.6 Å². The predicted molar refractivity (Wildman–Crippen MR) is 64.3 cm³/mol. The van der Waals surface area contributed by atoms with E-state index in [4.69, 9.17) is 10.8 Å². The monoisotopic (exact) mass is 242 g/mol. The zero-order valence-electron chi connectivity index (χ0n) is 10.6. The number of carboxylic acids is 1. The molecule has 1 aliphatic heterocycles. The van der Waals surface area contributed by atoms with Crippen LogP contribution in [0.3, 0.4) is 0 Å². The van der Waals surface area contributed by atoms with Gasteiger partial charge in [0.25, 0.3) is 0 Å². The highest BCUT2D eigenvalue weighted by Crippen LogP contribution is 2.25. The molecule has 1 saturated heterocycles. The molecule has 0 radical (unpaired) electrons. The Labute approximate surface area is 102 Å². The highest BCUT2D eigenvalue weighted by molar-refractivity contribution is 5.80. The first kappa shape index (κ1) is 14.0. The maximum absolute atomic E-state index is 12.1. The average molecular weight is 242 g/mol. The van der Waals surface area contributed by atoms with Gasteiger partial charge in [-0.15, -0.1) is 0 Å². The molecule has 0 aliphatic carbocycles. The van der Waals surface area contributed by atoms with E-state index < -0.39 is 11.9 Å². The van der Waals surface area contributed by atoms with E-state index in [1.165, 1.54) is 0 Å². The van der Waals surface area contributed by atoms with Crippen molar-refractivity contribution in [2.75, 3.05) is 19.6 Å². The van der Waals surface area contributed by atoms with Crippen molar-refractivity contribution >= 4 is 11.9 Å². The highest BCUT2D eigenvalue weighted by Gasteiger charge is 2.37. The van der Waals surface area contributed by atoms with E-state index in [1.807, 2.05) is 13.8 Å². The van der Waals surface area contributed by atoms with Crippen LogP contribution in [0.15, 0.2) is 0 Å². The van der Waals surface area contributed by atoms with Crippen LogP contribution >= 0.6 is 0 Å². The third-order valence-corrected chi connectivity index (χ3v) is 3.50. The number of nitrogens with zero attached hydrogens (tertiary/aromatic N) is 1. The molecule has 1 heterocycles. The lowest BCUT2D eigenvalue weighted by molar-refractivity contribution is -0.142. The third kappa shape index (κ3) is 3.43. The fourth-order valence-corrected chi connectivity index (χ4v) is 2.33. The summed E-state index contributed by atoms with van der Waals surface area (Å²) in [5, 5.41) is 9.01. The van der Waals surface area contributed by atoms with E-state index in [0.717, 1.165) is 12.8 Å². The number of amides is 1. The largest absolute Gasteiger partial charge is 0.481 e. The molecule has 1 amide bonds. The van der Waals surface area contributed by atoms with Crippen LogP contribution in [0.2, 0.25) is 0 Å². The molecule has 0 aromatic carbocycles. The fraction of sp³-hybridized carbons (Fsp3) is 0.833. The standard InChI is InChI=1S/C12H22N2O3/c1-8(4-3-5-13)11(15)14-6-9(2)10(7-14)12(16)17/h8-10H,3-7,13H2,1-2H3,(H,16,17)/t8?,9-,10-/m1/s1. The van der Waals surface area contributed by atoms with E-state index in [1.54, 1.807) is 4.90 Å². The molecule has 98 valence electrons. The van der Waals surface area contributed by atoms with Gasteiger partial charge >= 0.3 is 5.97 Å². The van der Waals surface area contributed by atoms with Crippen molar-refractivity contribution in [1.29, 1.82) is 0 Å². The molecule has 0 aromatic rings. The highest BCUT2D eigenvalue weighted by atomic mass is 16.4. The third-order valence-electron chi connectivity index (χ3n) is 3.50. The van der Waals surface area contributed by atoms with Crippen molar-refractivity contribution in [3.05, 3.63) is 0 Å². The summed E-state index contributed by atoms with van der Waals surface area (Å²) in [6, 6.07) is 0. The number of hydrogen-bond donors (Lipinski definition) is 2. The van der Waals surface area contributed by atoms with Gasteiger partial charge in [0.2, 0.25) is 5.91 Å². The molecule has 1 rings (SSSR count). The van der Waals surface area contributed by atoms with Crippen LogP contribution < -0.4 is 5.73 Å². The Morgan fingerprint density at radius 2 is 2.12 bits per heavy atom. The van der Waals surface area contributed by atoms with Crippen LogP contribution in [0.5, 0.6) is 0 Å². The summed E-state index contributed by atoms with van der Waals surface area (Å²) >= 11 is 0. The van der Waals surface area contributed by atoms with E-state index >= 15 is 0 Å². The van der Waals surface area contributed by atoms with Gasteiger partial charge in [0.05, 0.1) is 5.92 Å². The summed E-state index contributed by atoms with van der Waals surface area (Å²) < 4.78 is 0. The molecule has 0 saturated carbocycles. The molecule has 17 heavy (non-hydrogen) atoms. The van der Waals surface area contributed by atoms with Gasteiger partial charge in [-0.3, -0.25) is 9.59 Å². The van der Waals surface area contributed by atoms with Gasteiger partial charge in [0.15, 0.2) is 0 Å². The van der Waals surface area contributed by atoms with Crippen LogP contribution in [0.1, 0.15) is 26.7 Å². The Morgan fingerprint density at radius 1 is 1.47 bits per heavy atom. The molecule has 3 atom stereocenters. The first-order chi connectivity index (χ1) is 7.97. The average Bonchev–Trinajstić information content (AvgIpc) is 2.67. The molecule has 0 aromatic heterocycles. The Morgan fingerprint density at radius 3 is 2.59 bits per heavy atom. The van der Waals surface area contributed by atoms with Crippen LogP contribution in [-0.2, 0) is 9.59 Å². The molecule has 1 fully saturated rings. The fourth-order valence-electron chi connectivity index (χ4n) is 2.33. The van der Waals surface area contributed by atoms with Crippen LogP contribution in [0.25, 0.3) is 0 Å². The summed E-state index contributed by atoms with van der Waals surface area (Å²) in [7, 11) is 0. The van der Waals surface area contributed by atoms with Crippen molar-refractivity contribution < 1.29 is 14.7 Å². The molecule has 5 heteroatoms. The lowest BCUT2D eigenvalue weighted by Gasteiger charge is -2.20. The summed E-state index contributed by atoms with van der Waals surface area (Å²) in [5.74, 6) is -1.17. The van der Waals surface area contributed by atoms with Gasteiger partial charge in [0, 0.05) is 19.0 Å². The van der Waals surface area contributed by atoms with Crippen molar-refractivity contribution in [2.45, 2.75) is 26.7 Å². The summed E-state index contributed by atoms with van der Waals surface area (Å²) in [5.41, 5.74) is 5.41. The number of nitrogens with two attached hydrogens (primary N) is 1. The zero-order valence-corrected chi connectivity index (χ0v) is 10.6. The minimum Gasteiger partial charge on any atom is -0.481 e. The van der Waals surface area contributed by atoms with Gasteiger partial charge in [-0.1, -0.05) is 13.8 Å². The zero-order chi connectivity index (χ0) is 13.0. The number of hydrogen-bond acceptors (Lipinski definition) is 3. The molecule has 1 unspecified atom stereocenters. The maximum Gasteiger partial charge on any atom is 0.308 e. The van der Waals surface area contributed by atoms with E-state index in [2.05, 4.69) is 0 Å². The first-order valence-electron chi connectivity index (χ1n) is 6.19. The number of aliphatic carboxylic acids is 1. The number of carboxylic acid groups (broad SMARTS) is 1. The Balaban J connectivity index is 2.52. The Bertz CT molecular complexity index is 293. The number of carbonyl (C=O) groups is 2. The van der Waals surface area contributed by atoms with E-state index in [9.17, 15) is 9.59 Å². The van der Waals surface area contributed by atoms with Crippen molar-refractivity contribution in [3.63, 3.8) is 0 Å². The predicted octanol–water partition coefficient (Wildman–Crippen LogP) is 0.541. The van der Waals surface area contributed by atoms with Gasteiger partial charge in [0.1, 0.15) is 0 Å². The summed E-state index contributed by atoms with van der Waals surface area (Å²) in [6.45, 7) is 5.27. The first-order valence-corrected chi connectivity index (χ1v) is 6.19. The van der Waals surface area contributed by atoms with Gasteiger partial charge < -0.3 is 15.7 Å². The Hall–Kier alpha value is -1.10. The van der Waals surface area contributed by atoms with Gasteiger partial charge in [-0.25, -0.2) is 0 Å². The molecule has 5 nitrogen and oxygen atoms in total. The summed E-state index contributed by atoms with van der Waals surface area (Å²) in [4.78, 5) is 24.7. The van der Waals surface area contributed by atoms with Crippen molar-refractivity contribution in [3.8, 4) is 0 Å². The second kappa shape index (κ2) is 6.00. The molecule has 1 aliphatic rings. The van der Waals surface area contributed by atoms with Gasteiger partial charge in [-0.2, -0.15) is 0 Å². The quantitative estimate of drug-likeness (QED) is 0.737. The van der Waals surface area contributed by atoms with Crippen LogP contribution in [0, 0.1) is 17.8 Å². The molecule has 3 N–H and O–H groups in total. The molecular weight excluding hydrogens is 220 g/mol.